The first-order valence-corrected chi connectivity index (χ1v) is 20.7. The lowest BCUT2D eigenvalue weighted by atomic mass is 10.0. The van der Waals surface area contributed by atoms with E-state index in [-0.39, 0.29) is 0 Å². The number of hydrogen-bond acceptors (Lipinski definition) is 5. The second-order valence-corrected chi connectivity index (χ2v) is 16.5. The molecule has 0 saturated heterocycles. The maximum Gasteiger partial charge on any atom is 0.165 e. The van der Waals surface area contributed by atoms with Crippen molar-refractivity contribution in [3.05, 3.63) is 182 Å². The van der Waals surface area contributed by atoms with E-state index in [9.17, 15) is 0 Å². The Balaban J connectivity index is 1.19. The summed E-state index contributed by atoms with van der Waals surface area (Å²) < 4.78 is 7.23. The average molecular weight is 763 g/mol. The number of nitrogens with zero attached hydrogens (tertiary/aromatic N) is 4. The van der Waals surface area contributed by atoms with Crippen molar-refractivity contribution in [3.8, 4) is 51.0 Å². The summed E-state index contributed by atoms with van der Waals surface area (Å²) in [7, 11) is 0. The second-order valence-electron chi connectivity index (χ2n) is 14.4. The second kappa shape index (κ2) is 12.8. The van der Waals surface area contributed by atoms with Gasteiger partial charge in [-0.15, -0.1) is 22.7 Å². The van der Waals surface area contributed by atoms with E-state index in [2.05, 4.69) is 168 Å². The lowest BCUT2D eigenvalue weighted by molar-refractivity contribution is 1.08. The predicted molar refractivity (Wildman–Crippen MR) is 242 cm³/mol. The Hall–Kier alpha value is -6.99. The first kappa shape index (κ1) is 32.3. The molecule has 0 spiro atoms. The molecule has 0 bridgehead atoms. The molecule has 0 aliphatic rings. The summed E-state index contributed by atoms with van der Waals surface area (Å²) >= 11 is 3.61. The highest BCUT2D eigenvalue weighted by molar-refractivity contribution is 7.26. The molecule has 0 saturated carbocycles. The molecular weight excluding hydrogens is 733 g/mol. The van der Waals surface area contributed by atoms with Crippen LogP contribution in [0.2, 0.25) is 0 Å². The van der Waals surface area contributed by atoms with Gasteiger partial charge in [-0.3, -0.25) is 0 Å². The highest BCUT2D eigenvalue weighted by Crippen LogP contribution is 2.45. The molecule has 0 aliphatic heterocycles. The Kier molecular flexibility index (Phi) is 7.24. The molecule has 0 amide bonds. The van der Waals surface area contributed by atoms with Crippen molar-refractivity contribution >= 4 is 84.8 Å². The molecule has 12 aromatic rings. The van der Waals surface area contributed by atoms with Crippen LogP contribution in [0, 0.1) is 0 Å². The highest BCUT2D eigenvalue weighted by atomic mass is 32.1. The summed E-state index contributed by atoms with van der Waals surface area (Å²) in [6, 6.07) is 64.9. The molecule has 0 atom stereocenters. The molecule has 4 nitrogen and oxygen atoms in total. The van der Waals surface area contributed by atoms with E-state index in [1.807, 2.05) is 18.2 Å². The largest absolute Gasteiger partial charge is 0.309 e. The van der Waals surface area contributed by atoms with Crippen LogP contribution in [0.4, 0.5) is 0 Å². The standard InChI is InChI=1S/C51H30N4S2/c1-3-14-31(15-4-1)33-26-27-45-39(28-33)40-29-34(55-42-22-10-7-18-35(42)36-19-8-11-23-43(36)55)30-41(48(40)57-45)51-53-49(32-16-5-2-6-17-32)52-50(54-51)38-21-13-25-46-47(38)37-20-9-12-24-44(37)56-46/h1-30H. The first-order chi connectivity index (χ1) is 28.2. The van der Waals surface area contributed by atoms with Crippen LogP contribution in [-0.2, 0) is 0 Å². The van der Waals surface area contributed by atoms with E-state index >= 15 is 0 Å². The van der Waals surface area contributed by atoms with E-state index in [1.54, 1.807) is 22.7 Å². The van der Waals surface area contributed by atoms with Crippen molar-refractivity contribution in [2.24, 2.45) is 0 Å². The third-order valence-corrected chi connectivity index (χ3v) is 13.4. The number of benzene rings is 8. The Bertz CT molecular complexity index is 3470. The highest BCUT2D eigenvalue weighted by Gasteiger charge is 2.22. The van der Waals surface area contributed by atoms with Crippen LogP contribution in [-0.4, -0.2) is 19.5 Å². The number of para-hydroxylation sites is 2. The number of thiophene rings is 2. The van der Waals surface area contributed by atoms with Crippen molar-refractivity contribution in [3.63, 3.8) is 0 Å². The Morgan fingerprint density at radius 3 is 1.70 bits per heavy atom. The molecule has 57 heavy (non-hydrogen) atoms. The molecule has 4 aromatic heterocycles. The van der Waals surface area contributed by atoms with Crippen LogP contribution in [0.15, 0.2) is 182 Å². The fourth-order valence-corrected chi connectivity index (χ4v) is 10.8. The molecule has 6 heteroatoms. The van der Waals surface area contributed by atoms with E-state index in [0.29, 0.717) is 17.5 Å². The van der Waals surface area contributed by atoms with E-state index in [1.165, 1.54) is 57.5 Å². The zero-order chi connectivity index (χ0) is 37.5. The monoisotopic (exact) mass is 762 g/mol. The van der Waals surface area contributed by atoms with Crippen LogP contribution < -0.4 is 0 Å². The fraction of sp³-hybridized carbons (Fsp3) is 0. The van der Waals surface area contributed by atoms with Gasteiger partial charge in [0, 0.05) is 73.5 Å². The van der Waals surface area contributed by atoms with Crippen molar-refractivity contribution in [2.45, 2.75) is 0 Å². The van der Waals surface area contributed by atoms with Crippen LogP contribution in [0.1, 0.15) is 0 Å². The van der Waals surface area contributed by atoms with Crippen LogP contribution in [0.5, 0.6) is 0 Å². The summed E-state index contributed by atoms with van der Waals surface area (Å²) in [5.74, 6) is 1.96. The molecule has 0 fully saturated rings. The van der Waals surface area contributed by atoms with E-state index in [0.717, 1.165) is 38.1 Å². The quantitative estimate of drug-likeness (QED) is 0.175. The van der Waals surface area contributed by atoms with Crippen LogP contribution in [0.3, 0.4) is 0 Å². The lowest BCUT2D eigenvalue weighted by Crippen LogP contribution is -2.01. The average Bonchev–Trinajstić information content (AvgIpc) is 3.96. The summed E-state index contributed by atoms with van der Waals surface area (Å²) in [4.78, 5) is 16.0. The third kappa shape index (κ3) is 5.15. The Morgan fingerprint density at radius 1 is 0.351 bits per heavy atom. The van der Waals surface area contributed by atoms with Crippen molar-refractivity contribution in [1.82, 2.24) is 19.5 Å². The lowest BCUT2D eigenvalue weighted by Gasteiger charge is -2.13. The minimum atomic E-state index is 0.648. The zero-order valence-corrected chi connectivity index (χ0v) is 32.1. The smallest absolute Gasteiger partial charge is 0.165 e. The number of hydrogen-bond donors (Lipinski definition) is 0. The molecule has 4 heterocycles. The fourth-order valence-electron chi connectivity index (χ4n) is 8.46. The first-order valence-electron chi connectivity index (χ1n) is 19.0. The van der Waals surface area contributed by atoms with E-state index < -0.39 is 0 Å². The van der Waals surface area contributed by atoms with Gasteiger partial charge in [-0.25, -0.2) is 15.0 Å². The van der Waals surface area contributed by atoms with Gasteiger partial charge in [-0.2, -0.15) is 0 Å². The molecule has 8 aromatic carbocycles. The summed E-state index contributed by atoms with van der Waals surface area (Å²) in [5.41, 5.74) is 8.70. The van der Waals surface area contributed by atoms with Gasteiger partial charge >= 0.3 is 0 Å². The van der Waals surface area contributed by atoms with Crippen LogP contribution in [0.25, 0.3) is 113 Å². The van der Waals surface area contributed by atoms with Gasteiger partial charge in [0.05, 0.1) is 11.0 Å². The molecule has 0 radical (unpaired) electrons. The molecule has 0 aliphatic carbocycles. The zero-order valence-electron chi connectivity index (χ0n) is 30.4. The van der Waals surface area contributed by atoms with Crippen LogP contribution >= 0.6 is 22.7 Å². The maximum absolute atomic E-state index is 5.45. The molecular formula is C51H30N4S2. The topological polar surface area (TPSA) is 43.6 Å². The van der Waals surface area contributed by atoms with Gasteiger partial charge in [-0.1, -0.05) is 133 Å². The van der Waals surface area contributed by atoms with Gasteiger partial charge in [0.1, 0.15) is 0 Å². The van der Waals surface area contributed by atoms with Crippen molar-refractivity contribution in [1.29, 1.82) is 0 Å². The minimum Gasteiger partial charge on any atom is -0.309 e. The van der Waals surface area contributed by atoms with Crippen molar-refractivity contribution < 1.29 is 0 Å². The molecule has 0 N–H and O–H groups in total. The van der Waals surface area contributed by atoms with Gasteiger partial charge in [-0.05, 0) is 59.7 Å². The number of fused-ring (bicyclic) bond motifs is 9. The number of aromatic nitrogens is 4. The summed E-state index contributed by atoms with van der Waals surface area (Å²) in [5, 5.41) is 7.23. The minimum absolute atomic E-state index is 0.648. The van der Waals surface area contributed by atoms with Gasteiger partial charge in [0.15, 0.2) is 17.5 Å². The molecule has 12 rings (SSSR count). The summed E-state index contributed by atoms with van der Waals surface area (Å²) in [6.45, 7) is 0. The predicted octanol–water partition coefficient (Wildman–Crippen LogP) is 14.4. The Morgan fingerprint density at radius 2 is 0.947 bits per heavy atom. The maximum atomic E-state index is 5.45. The normalized spacial score (nSPS) is 11.9. The molecule has 0 unspecified atom stereocenters. The van der Waals surface area contributed by atoms with Gasteiger partial charge in [0.25, 0.3) is 0 Å². The van der Waals surface area contributed by atoms with Gasteiger partial charge in [0.2, 0.25) is 0 Å². The Labute approximate surface area is 335 Å². The van der Waals surface area contributed by atoms with Gasteiger partial charge < -0.3 is 4.57 Å². The third-order valence-electron chi connectivity index (χ3n) is 11.1. The van der Waals surface area contributed by atoms with Crippen molar-refractivity contribution in [2.75, 3.05) is 0 Å². The molecule has 266 valence electrons. The summed E-state index contributed by atoms with van der Waals surface area (Å²) in [6.07, 6.45) is 0. The number of rotatable bonds is 5. The SMILES string of the molecule is c1ccc(-c2ccc3sc4c(-c5nc(-c6ccccc6)nc(-c6cccc7sc8ccccc8c67)n5)cc(-n5c6ccccc6c6ccccc65)cc4c3c2)cc1. The van der Waals surface area contributed by atoms with E-state index in [4.69, 9.17) is 15.0 Å².